The Morgan fingerprint density at radius 1 is 1.06 bits per heavy atom. The first-order valence-corrected chi connectivity index (χ1v) is 6.18. The van der Waals surface area contributed by atoms with Gasteiger partial charge in [0, 0.05) is 18.4 Å². The molecule has 0 amide bonds. The average Bonchev–Trinajstić information content (AvgIpc) is 2.94. The number of pyridine rings is 1. The van der Waals surface area contributed by atoms with Crippen LogP contribution in [0, 0.1) is 0 Å². The van der Waals surface area contributed by atoms with Gasteiger partial charge in [-0.25, -0.2) is 0 Å². The van der Waals surface area contributed by atoms with Crippen LogP contribution in [0.1, 0.15) is 24.4 Å². The van der Waals surface area contributed by atoms with Crippen LogP contribution in [-0.4, -0.2) is 11.5 Å². The zero-order chi connectivity index (χ0) is 11.5. The minimum absolute atomic E-state index is 0.513. The minimum Gasteiger partial charge on any atom is -0.310 e. The predicted molar refractivity (Wildman–Crippen MR) is 69.7 cm³/mol. The van der Waals surface area contributed by atoms with Gasteiger partial charge in [0.05, 0.1) is 0 Å². The number of aromatic nitrogens is 1. The molecule has 2 aromatic rings. The topological polar surface area (TPSA) is 24.9 Å². The number of hydrogen-bond donors (Lipinski definition) is 1. The summed E-state index contributed by atoms with van der Waals surface area (Å²) < 4.78 is 0. The Balaban J connectivity index is 2.04. The molecule has 2 heteroatoms. The Kier molecular flexibility index (Phi) is 2.88. The van der Waals surface area contributed by atoms with Gasteiger partial charge in [-0.3, -0.25) is 4.98 Å². The Labute approximate surface area is 102 Å². The van der Waals surface area contributed by atoms with E-state index in [2.05, 4.69) is 46.7 Å². The van der Waals surface area contributed by atoms with Gasteiger partial charge in [-0.1, -0.05) is 24.3 Å². The molecule has 1 aromatic heterocycles. The molecule has 1 saturated heterocycles. The van der Waals surface area contributed by atoms with Gasteiger partial charge < -0.3 is 5.32 Å². The van der Waals surface area contributed by atoms with Crippen molar-refractivity contribution in [3.63, 3.8) is 0 Å². The third-order valence-electron chi connectivity index (χ3n) is 3.39. The summed E-state index contributed by atoms with van der Waals surface area (Å²) in [5, 5.41) is 3.57. The molecule has 1 aliphatic rings. The highest BCUT2D eigenvalue weighted by Crippen LogP contribution is 2.31. The molecular formula is C15H16N2. The van der Waals surface area contributed by atoms with Crippen LogP contribution in [0.15, 0.2) is 48.8 Å². The summed E-state index contributed by atoms with van der Waals surface area (Å²) in [4.78, 5) is 4.08. The molecule has 2 heterocycles. The first-order valence-electron chi connectivity index (χ1n) is 6.18. The highest BCUT2D eigenvalue weighted by Gasteiger charge is 2.18. The van der Waals surface area contributed by atoms with E-state index >= 15 is 0 Å². The van der Waals surface area contributed by atoms with Crippen molar-refractivity contribution in [3.8, 4) is 11.1 Å². The average molecular weight is 224 g/mol. The lowest BCUT2D eigenvalue weighted by molar-refractivity contribution is 0.649. The van der Waals surface area contributed by atoms with Crippen molar-refractivity contribution >= 4 is 0 Å². The van der Waals surface area contributed by atoms with E-state index in [0.717, 1.165) is 6.54 Å². The van der Waals surface area contributed by atoms with Crippen molar-refractivity contribution in [1.29, 1.82) is 0 Å². The standard InChI is InChI=1S/C15H16N2/c1-2-5-14(15-6-3-9-17-15)13(4-1)12-7-10-16-11-8-12/h1-2,4-5,7-8,10-11,15,17H,3,6,9H2/t15-/m0/s1. The number of benzene rings is 1. The van der Waals surface area contributed by atoms with Crippen LogP contribution in [0.4, 0.5) is 0 Å². The zero-order valence-electron chi connectivity index (χ0n) is 9.76. The van der Waals surface area contributed by atoms with Crippen LogP contribution >= 0.6 is 0 Å². The molecule has 0 saturated carbocycles. The summed E-state index contributed by atoms with van der Waals surface area (Å²) in [6.45, 7) is 1.13. The van der Waals surface area contributed by atoms with Crippen LogP contribution in [-0.2, 0) is 0 Å². The monoisotopic (exact) mass is 224 g/mol. The lowest BCUT2D eigenvalue weighted by atomic mass is 9.95. The van der Waals surface area contributed by atoms with Gasteiger partial charge in [0.25, 0.3) is 0 Å². The van der Waals surface area contributed by atoms with Gasteiger partial charge in [-0.15, -0.1) is 0 Å². The van der Waals surface area contributed by atoms with E-state index in [1.165, 1.54) is 29.5 Å². The number of nitrogens with zero attached hydrogens (tertiary/aromatic N) is 1. The molecule has 2 nitrogen and oxygen atoms in total. The van der Waals surface area contributed by atoms with Gasteiger partial charge in [0.2, 0.25) is 0 Å². The fourth-order valence-corrected chi connectivity index (χ4v) is 2.55. The first kappa shape index (κ1) is 10.5. The van der Waals surface area contributed by atoms with Crippen molar-refractivity contribution in [2.24, 2.45) is 0 Å². The Morgan fingerprint density at radius 2 is 1.88 bits per heavy atom. The second-order valence-corrected chi connectivity index (χ2v) is 4.47. The maximum absolute atomic E-state index is 4.08. The highest BCUT2D eigenvalue weighted by molar-refractivity contribution is 5.67. The molecule has 0 aliphatic carbocycles. The fourth-order valence-electron chi connectivity index (χ4n) is 2.55. The minimum atomic E-state index is 0.513. The fraction of sp³-hybridized carbons (Fsp3) is 0.267. The lowest BCUT2D eigenvalue weighted by Gasteiger charge is -2.15. The van der Waals surface area contributed by atoms with Crippen LogP contribution < -0.4 is 5.32 Å². The van der Waals surface area contributed by atoms with E-state index in [-0.39, 0.29) is 0 Å². The lowest BCUT2D eigenvalue weighted by Crippen LogP contribution is -2.13. The van der Waals surface area contributed by atoms with Gasteiger partial charge >= 0.3 is 0 Å². The zero-order valence-corrected chi connectivity index (χ0v) is 9.76. The van der Waals surface area contributed by atoms with Gasteiger partial charge in [-0.05, 0) is 48.2 Å². The van der Waals surface area contributed by atoms with Crippen molar-refractivity contribution in [2.75, 3.05) is 6.54 Å². The number of nitrogens with one attached hydrogen (secondary N) is 1. The van der Waals surface area contributed by atoms with Crippen LogP contribution in [0.25, 0.3) is 11.1 Å². The second-order valence-electron chi connectivity index (χ2n) is 4.47. The van der Waals surface area contributed by atoms with E-state index in [0.29, 0.717) is 6.04 Å². The first-order chi connectivity index (χ1) is 8.45. The third kappa shape index (κ3) is 2.08. The Hall–Kier alpha value is -1.67. The van der Waals surface area contributed by atoms with E-state index in [1.54, 1.807) is 0 Å². The number of rotatable bonds is 2. The normalized spacial score (nSPS) is 19.4. The van der Waals surface area contributed by atoms with E-state index < -0.39 is 0 Å². The quantitative estimate of drug-likeness (QED) is 0.847. The summed E-state index contributed by atoms with van der Waals surface area (Å²) in [7, 11) is 0. The van der Waals surface area contributed by atoms with E-state index in [4.69, 9.17) is 0 Å². The molecular weight excluding hydrogens is 208 g/mol. The smallest absolute Gasteiger partial charge is 0.0326 e. The molecule has 0 unspecified atom stereocenters. The summed E-state index contributed by atoms with van der Waals surface area (Å²) >= 11 is 0. The second kappa shape index (κ2) is 4.68. The summed E-state index contributed by atoms with van der Waals surface area (Å²) in [5.41, 5.74) is 4.00. The summed E-state index contributed by atoms with van der Waals surface area (Å²) in [6.07, 6.45) is 6.22. The molecule has 0 spiro atoms. The molecule has 17 heavy (non-hydrogen) atoms. The van der Waals surface area contributed by atoms with Gasteiger partial charge in [-0.2, -0.15) is 0 Å². The summed E-state index contributed by atoms with van der Waals surface area (Å²) in [6, 6.07) is 13.3. The van der Waals surface area contributed by atoms with Crippen LogP contribution in [0.5, 0.6) is 0 Å². The predicted octanol–water partition coefficient (Wildman–Crippen LogP) is 3.17. The maximum Gasteiger partial charge on any atom is 0.0326 e. The Bertz CT molecular complexity index is 487. The molecule has 0 radical (unpaired) electrons. The highest BCUT2D eigenvalue weighted by atomic mass is 14.9. The van der Waals surface area contributed by atoms with Crippen molar-refractivity contribution in [1.82, 2.24) is 10.3 Å². The molecule has 1 fully saturated rings. The van der Waals surface area contributed by atoms with Gasteiger partial charge in [0.1, 0.15) is 0 Å². The molecule has 86 valence electrons. The maximum atomic E-state index is 4.08. The molecule has 0 bridgehead atoms. The van der Waals surface area contributed by atoms with Crippen molar-refractivity contribution < 1.29 is 0 Å². The molecule has 1 N–H and O–H groups in total. The van der Waals surface area contributed by atoms with Crippen molar-refractivity contribution in [3.05, 3.63) is 54.4 Å². The summed E-state index contributed by atoms with van der Waals surface area (Å²) in [5.74, 6) is 0. The molecule has 3 rings (SSSR count). The van der Waals surface area contributed by atoms with Crippen molar-refractivity contribution in [2.45, 2.75) is 18.9 Å². The molecule has 1 aromatic carbocycles. The van der Waals surface area contributed by atoms with E-state index in [9.17, 15) is 0 Å². The molecule has 1 atom stereocenters. The van der Waals surface area contributed by atoms with E-state index in [1.807, 2.05) is 12.4 Å². The third-order valence-corrected chi connectivity index (χ3v) is 3.39. The van der Waals surface area contributed by atoms with Crippen LogP contribution in [0.3, 0.4) is 0 Å². The van der Waals surface area contributed by atoms with Gasteiger partial charge in [0.15, 0.2) is 0 Å². The largest absolute Gasteiger partial charge is 0.310 e. The van der Waals surface area contributed by atoms with Crippen LogP contribution in [0.2, 0.25) is 0 Å². The number of hydrogen-bond acceptors (Lipinski definition) is 2. The Morgan fingerprint density at radius 3 is 2.65 bits per heavy atom. The molecule has 1 aliphatic heterocycles. The SMILES string of the molecule is c1ccc([C@@H]2CCCN2)c(-c2ccncc2)c1.